The number of nitrogens with zero attached hydrogens (tertiary/aromatic N) is 3. The van der Waals surface area contributed by atoms with Gasteiger partial charge >= 0.3 is 0 Å². The van der Waals surface area contributed by atoms with Crippen LogP contribution in [0.4, 0.5) is 5.69 Å². The maximum Gasteiger partial charge on any atom is 0.212 e. The summed E-state index contributed by atoms with van der Waals surface area (Å²) in [6.45, 7) is 2.27. The van der Waals surface area contributed by atoms with Crippen molar-refractivity contribution in [3.8, 4) is 22.8 Å². The lowest BCUT2D eigenvalue weighted by molar-refractivity contribution is 0.307. The maximum absolute atomic E-state index is 5.79. The predicted molar refractivity (Wildman–Crippen MR) is 91.4 cm³/mol. The van der Waals surface area contributed by atoms with Crippen molar-refractivity contribution in [1.82, 2.24) is 15.0 Å². The molecule has 0 amide bonds. The highest BCUT2D eigenvalue weighted by Gasteiger charge is 2.19. The normalized spacial score (nSPS) is 13.3. The van der Waals surface area contributed by atoms with E-state index in [4.69, 9.17) is 9.47 Å². The first-order chi connectivity index (χ1) is 11.8. The Bertz CT molecular complexity index is 816. The van der Waals surface area contributed by atoms with Crippen LogP contribution in [-0.2, 0) is 6.54 Å². The zero-order chi connectivity index (χ0) is 16.4. The van der Waals surface area contributed by atoms with E-state index in [2.05, 4.69) is 32.0 Å². The average molecular weight is 322 g/mol. The fraction of sp³-hybridized carbons (Fsp3) is 0.222. The maximum atomic E-state index is 5.79. The van der Waals surface area contributed by atoms with Gasteiger partial charge in [-0.05, 0) is 23.8 Å². The molecule has 0 fully saturated rings. The molecule has 2 aromatic heterocycles. The number of methoxy groups -OCH3 is 1. The summed E-state index contributed by atoms with van der Waals surface area (Å²) in [6, 6.07) is 10.1. The van der Waals surface area contributed by atoms with Gasteiger partial charge in [0.05, 0.1) is 37.9 Å². The second kappa shape index (κ2) is 6.23. The number of nitrogens with one attached hydrogen (secondary N) is 1. The summed E-state index contributed by atoms with van der Waals surface area (Å²) in [7, 11) is 1.62. The van der Waals surface area contributed by atoms with Gasteiger partial charge in [0.25, 0.3) is 0 Å². The molecule has 0 unspecified atom stereocenters. The minimum Gasteiger partial charge on any atom is -0.490 e. The molecule has 1 aliphatic heterocycles. The quantitative estimate of drug-likeness (QED) is 0.800. The van der Waals surface area contributed by atoms with Crippen LogP contribution in [0, 0.1) is 0 Å². The molecular formula is C18H18N4O2. The van der Waals surface area contributed by atoms with E-state index in [9.17, 15) is 0 Å². The molecule has 0 aliphatic carbocycles. The number of ether oxygens (including phenoxy) is 2. The van der Waals surface area contributed by atoms with Crippen molar-refractivity contribution in [3.63, 3.8) is 0 Å². The van der Waals surface area contributed by atoms with Crippen molar-refractivity contribution in [2.45, 2.75) is 6.54 Å². The molecule has 6 heteroatoms. The standard InChI is InChI=1S/C18H18N4O2/c1-23-18-5-3-14(9-20-18)13-2-4-17-16(8-13)22(6-7-24-17)11-15-10-19-12-21-15/h2-5,8-10,12H,6-7,11H2,1H3,(H,19,21). The second-order valence-electron chi connectivity index (χ2n) is 5.60. The Labute approximate surface area is 140 Å². The van der Waals surface area contributed by atoms with Gasteiger partial charge in [-0.25, -0.2) is 9.97 Å². The van der Waals surface area contributed by atoms with Crippen molar-refractivity contribution >= 4 is 5.69 Å². The number of imidazole rings is 1. The molecule has 1 N–H and O–H groups in total. The van der Waals surface area contributed by atoms with Gasteiger partial charge in [0.15, 0.2) is 0 Å². The van der Waals surface area contributed by atoms with Crippen LogP contribution in [-0.4, -0.2) is 35.2 Å². The Kier molecular flexibility index (Phi) is 3.78. The smallest absolute Gasteiger partial charge is 0.212 e. The highest BCUT2D eigenvalue weighted by atomic mass is 16.5. The van der Waals surface area contributed by atoms with Gasteiger partial charge in [-0.15, -0.1) is 0 Å². The number of pyridine rings is 1. The molecule has 3 aromatic rings. The van der Waals surface area contributed by atoms with Gasteiger partial charge in [0.2, 0.25) is 5.88 Å². The molecule has 0 atom stereocenters. The third kappa shape index (κ3) is 2.78. The van der Waals surface area contributed by atoms with Crippen molar-refractivity contribution in [1.29, 1.82) is 0 Å². The third-order valence-corrected chi connectivity index (χ3v) is 4.10. The molecule has 4 rings (SSSR count). The minimum atomic E-state index is 0.611. The molecule has 0 bridgehead atoms. The van der Waals surface area contributed by atoms with E-state index in [1.807, 2.05) is 30.6 Å². The van der Waals surface area contributed by atoms with Crippen molar-refractivity contribution in [3.05, 3.63) is 54.7 Å². The summed E-state index contributed by atoms with van der Waals surface area (Å²) in [6.07, 6.45) is 5.45. The number of aromatic nitrogens is 3. The Morgan fingerprint density at radius 3 is 2.88 bits per heavy atom. The third-order valence-electron chi connectivity index (χ3n) is 4.10. The number of hydrogen-bond donors (Lipinski definition) is 1. The minimum absolute atomic E-state index is 0.611. The van der Waals surface area contributed by atoms with E-state index >= 15 is 0 Å². The molecule has 0 spiro atoms. The predicted octanol–water partition coefficient (Wildman–Crippen LogP) is 2.88. The highest BCUT2D eigenvalue weighted by molar-refractivity contribution is 5.73. The number of aromatic amines is 1. The van der Waals surface area contributed by atoms with E-state index in [-0.39, 0.29) is 0 Å². The van der Waals surface area contributed by atoms with E-state index in [1.165, 1.54) is 0 Å². The Hall–Kier alpha value is -3.02. The first-order valence-corrected chi connectivity index (χ1v) is 7.83. The lowest BCUT2D eigenvalue weighted by Gasteiger charge is -2.31. The summed E-state index contributed by atoms with van der Waals surface area (Å²) >= 11 is 0. The monoisotopic (exact) mass is 322 g/mol. The van der Waals surface area contributed by atoms with E-state index in [1.54, 1.807) is 13.4 Å². The zero-order valence-corrected chi connectivity index (χ0v) is 13.4. The molecule has 0 saturated heterocycles. The SMILES string of the molecule is COc1ccc(-c2ccc3c(c2)N(Cc2c[nH]cn2)CCO3)cn1. The van der Waals surface area contributed by atoms with Gasteiger partial charge in [0, 0.05) is 24.0 Å². The molecule has 24 heavy (non-hydrogen) atoms. The Balaban J connectivity index is 1.66. The molecule has 0 radical (unpaired) electrons. The lowest BCUT2D eigenvalue weighted by Crippen LogP contribution is -2.32. The van der Waals surface area contributed by atoms with Crippen LogP contribution < -0.4 is 14.4 Å². The van der Waals surface area contributed by atoms with Crippen LogP contribution in [0.2, 0.25) is 0 Å². The number of H-pyrrole nitrogens is 1. The number of benzene rings is 1. The summed E-state index contributed by atoms with van der Waals surface area (Å²) in [5.41, 5.74) is 4.24. The fourth-order valence-electron chi connectivity index (χ4n) is 2.86. The molecule has 122 valence electrons. The Morgan fingerprint density at radius 1 is 1.21 bits per heavy atom. The molecule has 3 heterocycles. The molecular weight excluding hydrogens is 304 g/mol. The number of hydrogen-bond acceptors (Lipinski definition) is 5. The van der Waals surface area contributed by atoms with Gasteiger partial charge in [0.1, 0.15) is 12.4 Å². The molecule has 1 aromatic carbocycles. The summed E-state index contributed by atoms with van der Waals surface area (Å²) < 4.78 is 10.9. The van der Waals surface area contributed by atoms with Gasteiger partial charge in [-0.2, -0.15) is 0 Å². The first kappa shape index (κ1) is 14.6. The molecule has 6 nitrogen and oxygen atoms in total. The highest BCUT2D eigenvalue weighted by Crippen LogP contribution is 2.36. The summed E-state index contributed by atoms with van der Waals surface area (Å²) in [4.78, 5) is 13.9. The number of rotatable bonds is 4. The van der Waals surface area contributed by atoms with Crippen LogP contribution in [0.25, 0.3) is 11.1 Å². The topological polar surface area (TPSA) is 63.3 Å². The van der Waals surface area contributed by atoms with Gasteiger partial charge in [-0.3, -0.25) is 0 Å². The largest absolute Gasteiger partial charge is 0.490 e. The first-order valence-electron chi connectivity index (χ1n) is 7.83. The number of anilines is 1. The van der Waals surface area contributed by atoms with E-state index < -0.39 is 0 Å². The Morgan fingerprint density at radius 2 is 2.12 bits per heavy atom. The van der Waals surface area contributed by atoms with Gasteiger partial charge < -0.3 is 19.4 Å². The molecule has 0 saturated carbocycles. The summed E-state index contributed by atoms with van der Waals surface area (Å²) in [5.74, 6) is 1.52. The van der Waals surface area contributed by atoms with Crippen LogP contribution >= 0.6 is 0 Å². The zero-order valence-electron chi connectivity index (χ0n) is 13.4. The lowest BCUT2D eigenvalue weighted by atomic mass is 10.1. The van der Waals surface area contributed by atoms with E-state index in [0.717, 1.165) is 41.3 Å². The van der Waals surface area contributed by atoms with Crippen molar-refractivity contribution < 1.29 is 9.47 Å². The number of fused-ring (bicyclic) bond motifs is 1. The van der Waals surface area contributed by atoms with Crippen molar-refractivity contribution in [2.75, 3.05) is 25.2 Å². The second-order valence-corrected chi connectivity index (χ2v) is 5.60. The van der Waals surface area contributed by atoms with Crippen LogP contribution in [0.3, 0.4) is 0 Å². The summed E-state index contributed by atoms with van der Waals surface area (Å²) in [5, 5.41) is 0. The average Bonchev–Trinajstić information content (AvgIpc) is 3.15. The van der Waals surface area contributed by atoms with Gasteiger partial charge in [-0.1, -0.05) is 6.07 Å². The molecule has 1 aliphatic rings. The fourth-order valence-corrected chi connectivity index (χ4v) is 2.86. The van der Waals surface area contributed by atoms with Crippen LogP contribution in [0.15, 0.2) is 49.1 Å². The van der Waals surface area contributed by atoms with Crippen molar-refractivity contribution in [2.24, 2.45) is 0 Å². The van der Waals surface area contributed by atoms with Crippen LogP contribution in [0.1, 0.15) is 5.69 Å². The van der Waals surface area contributed by atoms with E-state index in [0.29, 0.717) is 12.5 Å². The van der Waals surface area contributed by atoms with Crippen LogP contribution in [0.5, 0.6) is 11.6 Å².